The molecular weight excluding hydrogens is 402 g/mol. The first kappa shape index (κ1) is 19.6. The van der Waals surface area contributed by atoms with Crippen molar-refractivity contribution in [3.05, 3.63) is 109 Å². The highest BCUT2D eigenvalue weighted by Gasteiger charge is 2.20. The number of aromatic nitrogens is 2. The van der Waals surface area contributed by atoms with Crippen LogP contribution in [0.3, 0.4) is 0 Å². The molecule has 1 aliphatic carbocycles. The molecule has 3 aromatic carbocycles. The molecule has 160 valence electrons. The number of hydrogen-bond acceptors (Lipinski definition) is 1. The van der Waals surface area contributed by atoms with Crippen molar-refractivity contribution in [2.24, 2.45) is 4.99 Å². The monoisotopic (exact) mass is 427 g/mol. The molecule has 0 unspecified atom stereocenters. The van der Waals surface area contributed by atoms with E-state index in [4.69, 9.17) is 4.99 Å². The minimum absolute atomic E-state index is 0.886. The van der Waals surface area contributed by atoms with E-state index in [1.807, 2.05) is 12.2 Å². The molecular formula is C30H25N3. The molecule has 0 aliphatic heterocycles. The smallest absolute Gasteiger partial charge is 0.139 e. The molecule has 0 radical (unpaired) electrons. The van der Waals surface area contributed by atoms with Crippen molar-refractivity contribution in [3.63, 3.8) is 0 Å². The molecule has 3 heteroatoms. The third kappa shape index (κ3) is 3.00. The second kappa shape index (κ2) is 7.79. The number of nitrogens with zero attached hydrogens (tertiary/aromatic N) is 3. The predicted molar refractivity (Wildman–Crippen MR) is 142 cm³/mol. The Morgan fingerprint density at radius 3 is 2.03 bits per heavy atom. The fraction of sp³-hybridized carbons (Fsp3) is 0.100. The summed E-state index contributed by atoms with van der Waals surface area (Å²) in [6, 6.07) is 25.7. The maximum Gasteiger partial charge on any atom is 0.139 e. The maximum atomic E-state index is 5.22. The van der Waals surface area contributed by atoms with Crippen molar-refractivity contribution >= 4 is 50.4 Å². The molecule has 33 heavy (non-hydrogen) atoms. The maximum absolute atomic E-state index is 5.22. The van der Waals surface area contributed by atoms with Crippen LogP contribution in [-0.2, 0) is 6.42 Å². The summed E-state index contributed by atoms with van der Waals surface area (Å²) in [5.41, 5.74) is 6.13. The summed E-state index contributed by atoms with van der Waals surface area (Å²) in [4.78, 5) is 5.22. The number of para-hydroxylation sites is 3. The molecule has 0 saturated heterocycles. The average molecular weight is 428 g/mol. The zero-order valence-corrected chi connectivity index (χ0v) is 18.7. The molecule has 1 aliphatic rings. The van der Waals surface area contributed by atoms with Gasteiger partial charge < -0.3 is 0 Å². The predicted octanol–water partition coefficient (Wildman–Crippen LogP) is 7.66. The zero-order chi connectivity index (χ0) is 22.4. The highest BCUT2D eigenvalue weighted by molar-refractivity contribution is 6.14. The first-order valence-electron chi connectivity index (χ1n) is 11.4. The Kier molecular flexibility index (Phi) is 4.62. The Bertz CT molecular complexity index is 1580. The molecule has 0 bridgehead atoms. The van der Waals surface area contributed by atoms with E-state index >= 15 is 0 Å². The fourth-order valence-corrected chi connectivity index (χ4v) is 5.19. The van der Waals surface area contributed by atoms with Gasteiger partial charge in [0.05, 0.1) is 16.6 Å². The van der Waals surface area contributed by atoms with Gasteiger partial charge in [-0.05, 0) is 44.0 Å². The minimum atomic E-state index is 0.886. The SMILES string of the molecule is C=C/C=C(\N=C(C)n1c2ccccc2c2ccccc21)n1c2c(c3ccccc31)C=CCC2. The van der Waals surface area contributed by atoms with Gasteiger partial charge in [0, 0.05) is 27.4 Å². The third-order valence-corrected chi connectivity index (χ3v) is 6.52. The van der Waals surface area contributed by atoms with Crippen LogP contribution in [0.15, 0.2) is 103 Å². The quantitative estimate of drug-likeness (QED) is 0.160. The number of allylic oxidation sites excluding steroid dienone is 3. The number of aliphatic imine (C=N–C) groups is 1. The van der Waals surface area contributed by atoms with Gasteiger partial charge in [-0.3, -0.25) is 9.13 Å². The summed E-state index contributed by atoms with van der Waals surface area (Å²) >= 11 is 0. The van der Waals surface area contributed by atoms with Crippen molar-refractivity contribution < 1.29 is 0 Å². The number of hydrogen-bond donors (Lipinski definition) is 0. The van der Waals surface area contributed by atoms with E-state index in [-0.39, 0.29) is 0 Å². The fourth-order valence-electron chi connectivity index (χ4n) is 5.19. The summed E-state index contributed by atoms with van der Waals surface area (Å²) in [7, 11) is 0. The third-order valence-electron chi connectivity index (χ3n) is 6.52. The van der Waals surface area contributed by atoms with Crippen LogP contribution in [-0.4, -0.2) is 15.0 Å². The molecule has 2 heterocycles. The number of rotatable bonds is 3. The molecule has 0 N–H and O–H groups in total. The molecule has 0 spiro atoms. The van der Waals surface area contributed by atoms with Gasteiger partial charge in [-0.25, -0.2) is 4.99 Å². The van der Waals surface area contributed by atoms with Crippen LogP contribution in [0.25, 0.3) is 44.6 Å². The highest BCUT2D eigenvalue weighted by Crippen LogP contribution is 2.34. The van der Waals surface area contributed by atoms with Gasteiger partial charge in [-0.2, -0.15) is 0 Å². The van der Waals surface area contributed by atoms with Crippen molar-refractivity contribution in [2.45, 2.75) is 19.8 Å². The molecule has 6 rings (SSSR count). The summed E-state index contributed by atoms with van der Waals surface area (Å²) < 4.78 is 4.58. The standard InChI is InChI=1S/C30H25N3/c1-3-12-30(33-28-19-10-6-15-24(28)25-16-7-11-20-29(25)33)31-21(2)32-26-17-8-4-13-22(26)23-14-5-9-18-27(23)32/h3-10,12-19H,1,11,20H2,2H3/b30-12+,31-21?. The van der Waals surface area contributed by atoms with Crippen LogP contribution in [0.4, 0.5) is 0 Å². The van der Waals surface area contributed by atoms with Crippen molar-refractivity contribution in [2.75, 3.05) is 0 Å². The molecule has 0 atom stereocenters. The topological polar surface area (TPSA) is 22.2 Å². The van der Waals surface area contributed by atoms with E-state index in [9.17, 15) is 0 Å². The van der Waals surface area contributed by atoms with Gasteiger partial charge in [0.25, 0.3) is 0 Å². The van der Waals surface area contributed by atoms with Crippen molar-refractivity contribution in [1.29, 1.82) is 0 Å². The lowest BCUT2D eigenvalue weighted by Gasteiger charge is -2.15. The van der Waals surface area contributed by atoms with Crippen LogP contribution in [0.1, 0.15) is 24.6 Å². The second-order valence-corrected chi connectivity index (χ2v) is 8.44. The molecule has 2 aromatic heterocycles. The van der Waals surface area contributed by atoms with Crippen LogP contribution >= 0.6 is 0 Å². The molecule has 3 nitrogen and oxygen atoms in total. The highest BCUT2D eigenvalue weighted by atomic mass is 15.2. The van der Waals surface area contributed by atoms with E-state index in [0.717, 1.165) is 24.5 Å². The van der Waals surface area contributed by atoms with E-state index in [0.29, 0.717) is 0 Å². The van der Waals surface area contributed by atoms with Crippen LogP contribution in [0.2, 0.25) is 0 Å². The van der Waals surface area contributed by atoms with Crippen LogP contribution in [0.5, 0.6) is 0 Å². The number of benzene rings is 3. The molecule has 0 saturated carbocycles. The Morgan fingerprint density at radius 1 is 0.818 bits per heavy atom. The van der Waals surface area contributed by atoms with Gasteiger partial charge in [-0.1, -0.05) is 79.4 Å². The first-order chi connectivity index (χ1) is 16.3. The Balaban J connectivity index is 1.61. The summed E-state index contributed by atoms with van der Waals surface area (Å²) in [6.45, 7) is 6.08. The minimum Gasteiger partial charge on any atom is -0.298 e. The summed E-state index contributed by atoms with van der Waals surface area (Å²) in [6.07, 6.45) is 10.4. The second-order valence-electron chi connectivity index (χ2n) is 8.44. The lowest BCUT2D eigenvalue weighted by Crippen LogP contribution is -2.10. The Hall–Kier alpha value is -4.11. The molecule has 0 amide bonds. The lowest BCUT2D eigenvalue weighted by atomic mass is 10.0. The van der Waals surface area contributed by atoms with Gasteiger partial charge in [0.1, 0.15) is 11.7 Å². The van der Waals surface area contributed by atoms with Crippen molar-refractivity contribution in [3.8, 4) is 0 Å². The first-order valence-corrected chi connectivity index (χ1v) is 11.4. The van der Waals surface area contributed by atoms with Gasteiger partial charge in [0.2, 0.25) is 0 Å². The van der Waals surface area contributed by atoms with Crippen LogP contribution < -0.4 is 0 Å². The normalized spacial score (nSPS) is 14.3. The van der Waals surface area contributed by atoms with Crippen molar-refractivity contribution in [1.82, 2.24) is 9.13 Å². The molecule has 5 aromatic rings. The van der Waals surface area contributed by atoms with Gasteiger partial charge >= 0.3 is 0 Å². The Labute approximate surface area is 193 Å². The van der Waals surface area contributed by atoms with Gasteiger partial charge in [0.15, 0.2) is 0 Å². The number of fused-ring (bicyclic) bond motifs is 6. The van der Waals surface area contributed by atoms with Crippen LogP contribution in [0, 0.1) is 0 Å². The van der Waals surface area contributed by atoms with E-state index < -0.39 is 0 Å². The summed E-state index contributed by atoms with van der Waals surface area (Å²) in [5.74, 6) is 1.82. The molecule has 0 fully saturated rings. The summed E-state index contributed by atoms with van der Waals surface area (Å²) in [5, 5.41) is 3.75. The average Bonchev–Trinajstić information content (AvgIpc) is 3.37. The Morgan fingerprint density at radius 2 is 1.39 bits per heavy atom. The van der Waals surface area contributed by atoms with E-state index in [1.165, 1.54) is 44.0 Å². The van der Waals surface area contributed by atoms with E-state index in [1.54, 1.807) is 0 Å². The largest absolute Gasteiger partial charge is 0.298 e. The lowest BCUT2D eigenvalue weighted by molar-refractivity contribution is 0.890. The zero-order valence-electron chi connectivity index (χ0n) is 18.7. The van der Waals surface area contributed by atoms with E-state index in [2.05, 4.69) is 108 Å². The van der Waals surface area contributed by atoms with Gasteiger partial charge in [-0.15, -0.1) is 0 Å².